The number of ketones is 1. The minimum absolute atomic E-state index is 0.0858. The van der Waals surface area contributed by atoms with Crippen molar-refractivity contribution in [2.75, 3.05) is 6.61 Å². The van der Waals surface area contributed by atoms with Crippen LogP contribution in [0.3, 0.4) is 0 Å². The van der Waals surface area contributed by atoms with Crippen LogP contribution in [-0.4, -0.2) is 83.8 Å². The van der Waals surface area contributed by atoms with Crippen LogP contribution in [0.1, 0.15) is 61.8 Å². The molecule has 0 aromatic carbocycles. The van der Waals surface area contributed by atoms with E-state index in [2.05, 4.69) is 0 Å². The summed E-state index contributed by atoms with van der Waals surface area (Å²) in [7, 11) is 0. The van der Waals surface area contributed by atoms with Crippen LogP contribution in [0.25, 0.3) is 0 Å². The zero-order valence-electron chi connectivity index (χ0n) is 23.5. The normalized spacial score (nSPS) is 31.2. The van der Waals surface area contributed by atoms with E-state index in [0.717, 1.165) is 20.8 Å². The molecule has 1 saturated heterocycles. The summed E-state index contributed by atoms with van der Waals surface area (Å²) in [5.41, 5.74) is -1.77. The van der Waals surface area contributed by atoms with Gasteiger partial charge in [0, 0.05) is 39.5 Å². The van der Waals surface area contributed by atoms with Crippen molar-refractivity contribution in [3.63, 3.8) is 0 Å². The van der Waals surface area contributed by atoms with Crippen LogP contribution in [0.5, 0.6) is 0 Å². The van der Waals surface area contributed by atoms with E-state index in [4.69, 9.17) is 28.4 Å². The Balaban J connectivity index is 2.42. The van der Waals surface area contributed by atoms with Crippen molar-refractivity contribution < 1.29 is 57.5 Å². The summed E-state index contributed by atoms with van der Waals surface area (Å²) in [4.78, 5) is 59.3. The molecule has 1 N–H and O–H groups in total. The lowest BCUT2D eigenvalue weighted by atomic mass is 9.64. The molecule has 0 saturated carbocycles. The monoisotopic (exact) mass is 554 g/mol. The van der Waals surface area contributed by atoms with Crippen LogP contribution in [0.4, 0.5) is 0 Å². The molecule has 0 aromatic heterocycles. The molecule has 0 radical (unpaired) electrons. The maximum atomic E-state index is 12.0. The smallest absolute Gasteiger partial charge is 0.303 e. The third-order valence-electron chi connectivity index (χ3n) is 6.53. The van der Waals surface area contributed by atoms with Crippen LogP contribution < -0.4 is 0 Å². The number of rotatable bonds is 9. The first-order valence-electron chi connectivity index (χ1n) is 12.6. The zero-order chi connectivity index (χ0) is 29.7. The third kappa shape index (κ3) is 8.20. The fraction of sp³-hybridized carbons (Fsp3) is 0.667. The van der Waals surface area contributed by atoms with Gasteiger partial charge in [-0.05, 0) is 31.6 Å². The molecule has 218 valence electrons. The quantitative estimate of drug-likeness (QED) is 0.250. The summed E-state index contributed by atoms with van der Waals surface area (Å²) < 4.78 is 33.1. The number of carbonyl (C=O) groups excluding carboxylic acids is 5. The van der Waals surface area contributed by atoms with Gasteiger partial charge in [-0.15, -0.1) is 0 Å². The first-order valence-corrected chi connectivity index (χ1v) is 12.6. The number of carbonyl (C=O) groups is 5. The van der Waals surface area contributed by atoms with Crippen molar-refractivity contribution in [1.29, 1.82) is 0 Å². The second kappa shape index (κ2) is 12.8. The van der Waals surface area contributed by atoms with E-state index in [-0.39, 0.29) is 18.8 Å². The fourth-order valence-electron chi connectivity index (χ4n) is 4.69. The van der Waals surface area contributed by atoms with Crippen LogP contribution in [0.2, 0.25) is 0 Å². The molecule has 0 spiro atoms. The molecule has 0 bridgehead atoms. The van der Waals surface area contributed by atoms with Crippen LogP contribution in [0, 0.1) is 5.41 Å². The van der Waals surface area contributed by atoms with Gasteiger partial charge in [0.15, 0.2) is 30.4 Å². The van der Waals surface area contributed by atoms with Gasteiger partial charge in [-0.25, -0.2) is 0 Å². The standard InChI is InChI=1S/C27H38O12/c1-14-11-20(32)12-26(7,8)27(14,33)10-9-15(2)35-25-24(38-19(6)31)23(37-18(5)30)22(36-17(4)29)21(39-25)13-34-16(3)28/h9-11,15,21-25,33H,12-13H2,1-8H3/b10-9+/t15-,21-,22-,23+,24-,25-,27-/m1/s1. The molecule has 2 rings (SSSR count). The van der Waals surface area contributed by atoms with Crippen molar-refractivity contribution in [2.45, 2.75) is 104 Å². The highest BCUT2D eigenvalue weighted by molar-refractivity contribution is 5.92. The molecule has 39 heavy (non-hydrogen) atoms. The Kier molecular flexibility index (Phi) is 10.6. The van der Waals surface area contributed by atoms with Crippen LogP contribution in [-0.2, 0) is 52.4 Å². The summed E-state index contributed by atoms with van der Waals surface area (Å²) in [6, 6.07) is 0. The number of hydrogen-bond donors (Lipinski definition) is 1. The molecule has 1 fully saturated rings. The maximum absolute atomic E-state index is 12.0. The average Bonchev–Trinajstić information content (AvgIpc) is 2.77. The summed E-state index contributed by atoms with van der Waals surface area (Å²) >= 11 is 0. The summed E-state index contributed by atoms with van der Waals surface area (Å²) in [5, 5.41) is 11.4. The van der Waals surface area contributed by atoms with Gasteiger partial charge in [-0.2, -0.15) is 0 Å². The van der Waals surface area contributed by atoms with E-state index in [1.165, 1.54) is 19.1 Å². The van der Waals surface area contributed by atoms with Gasteiger partial charge in [0.1, 0.15) is 18.3 Å². The van der Waals surface area contributed by atoms with Gasteiger partial charge in [0.2, 0.25) is 0 Å². The molecular weight excluding hydrogens is 516 g/mol. The van der Waals surface area contributed by atoms with Crippen molar-refractivity contribution >= 4 is 29.7 Å². The number of esters is 4. The van der Waals surface area contributed by atoms with Gasteiger partial charge in [0.25, 0.3) is 0 Å². The molecule has 12 heteroatoms. The summed E-state index contributed by atoms with van der Waals surface area (Å²) in [6.07, 6.45) is -2.67. The highest BCUT2D eigenvalue weighted by Crippen LogP contribution is 2.44. The van der Waals surface area contributed by atoms with E-state index in [9.17, 15) is 29.1 Å². The highest BCUT2D eigenvalue weighted by Gasteiger charge is 2.53. The maximum Gasteiger partial charge on any atom is 0.303 e. The number of ether oxygens (including phenoxy) is 6. The molecule has 2 aliphatic rings. The fourth-order valence-corrected chi connectivity index (χ4v) is 4.69. The number of allylic oxidation sites excluding steroid dienone is 1. The molecule has 1 heterocycles. The first kappa shape index (κ1) is 32.1. The third-order valence-corrected chi connectivity index (χ3v) is 6.53. The number of hydrogen-bond acceptors (Lipinski definition) is 12. The lowest BCUT2D eigenvalue weighted by molar-refractivity contribution is -0.312. The lowest BCUT2D eigenvalue weighted by Crippen LogP contribution is -2.63. The van der Waals surface area contributed by atoms with E-state index in [1.807, 2.05) is 0 Å². The van der Waals surface area contributed by atoms with Crippen molar-refractivity contribution in [3.05, 3.63) is 23.8 Å². The predicted molar refractivity (Wildman–Crippen MR) is 134 cm³/mol. The van der Waals surface area contributed by atoms with E-state index >= 15 is 0 Å². The van der Waals surface area contributed by atoms with E-state index in [1.54, 1.807) is 33.8 Å². The molecule has 0 unspecified atom stereocenters. The van der Waals surface area contributed by atoms with E-state index < -0.39 is 71.7 Å². The second-order valence-corrected chi connectivity index (χ2v) is 10.4. The molecule has 0 amide bonds. The Morgan fingerprint density at radius 3 is 2.05 bits per heavy atom. The minimum atomic E-state index is -1.44. The van der Waals surface area contributed by atoms with Crippen molar-refractivity contribution in [3.8, 4) is 0 Å². The number of aliphatic hydroxyl groups is 1. The molecule has 1 aliphatic heterocycles. The Bertz CT molecular complexity index is 1030. The Morgan fingerprint density at radius 2 is 1.54 bits per heavy atom. The van der Waals surface area contributed by atoms with E-state index in [0.29, 0.717) is 5.57 Å². The first-order chi connectivity index (χ1) is 18.0. The van der Waals surface area contributed by atoms with Crippen LogP contribution >= 0.6 is 0 Å². The Morgan fingerprint density at radius 1 is 1.00 bits per heavy atom. The van der Waals surface area contributed by atoms with Crippen LogP contribution in [0.15, 0.2) is 23.8 Å². The molecular formula is C27H38O12. The molecule has 0 aromatic rings. The summed E-state index contributed by atoms with van der Waals surface area (Å²) in [5.74, 6) is -2.97. The highest BCUT2D eigenvalue weighted by atomic mass is 16.7. The molecule has 7 atom stereocenters. The van der Waals surface area contributed by atoms with Gasteiger partial charge in [-0.3, -0.25) is 24.0 Å². The van der Waals surface area contributed by atoms with Crippen molar-refractivity contribution in [1.82, 2.24) is 0 Å². The second-order valence-electron chi connectivity index (χ2n) is 10.4. The summed E-state index contributed by atoms with van der Waals surface area (Å²) in [6.45, 7) is 11.0. The van der Waals surface area contributed by atoms with Gasteiger partial charge in [0.05, 0.1) is 6.10 Å². The Labute approximate surface area is 227 Å². The molecule has 12 nitrogen and oxygen atoms in total. The Hall–Kier alpha value is -3.09. The molecule has 1 aliphatic carbocycles. The topological polar surface area (TPSA) is 161 Å². The van der Waals surface area contributed by atoms with Gasteiger partial charge in [-0.1, -0.05) is 19.9 Å². The SMILES string of the molecule is CC(=O)OC[C@H]1O[C@@H](O[C@H](C)/C=C/[C@@]2(O)C(C)=CC(=O)CC2(C)C)[C@H](OC(C)=O)[C@@H](OC(C)=O)[C@@H]1OC(C)=O. The van der Waals surface area contributed by atoms with Gasteiger partial charge >= 0.3 is 23.9 Å². The predicted octanol–water partition coefficient (Wildman–Crippen LogP) is 1.71. The van der Waals surface area contributed by atoms with Crippen molar-refractivity contribution in [2.24, 2.45) is 5.41 Å². The lowest BCUT2D eigenvalue weighted by Gasteiger charge is -2.45. The minimum Gasteiger partial charge on any atom is -0.463 e. The van der Waals surface area contributed by atoms with Gasteiger partial charge < -0.3 is 33.5 Å². The largest absolute Gasteiger partial charge is 0.463 e. The zero-order valence-corrected chi connectivity index (χ0v) is 23.5. The average molecular weight is 555 g/mol.